The third-order valence-electron chi connectivity index (χ3n) is 5.64. The summed E-state index contributed by atoms with van der Waals surface area (Å²) in [4.78, 5) is 31.7. The predicted octanol–water partition coefficient (Wildman–Crippen LogP) is 2.54. The molecule has 0 saturated carbocycles. The molecule has 0 N–H and O–H groups in total. The number of allylic oxidation sites excluding steroid dienone is 1. The van der Waals surface area contributed by atoms with Gasteiger partial charge in [0.05, 0.1) is 35.6 Å². The van der Waals surface area contributed by atoms with Crippen LogP contribution in [0.2, 0.25) is 0 Å². The number of fused-ring (bicyclic) bond motifs is 2. The quantitative estimate of drug-likeness (QED) is 0.524. The lowest BCUT2D eigenvalue weighted by atomic mass is 9.96. The van der Waals surface area contributed by atoms with Gasteiger partial charge in [0.25, 0.3) is 5.56 Å². The van der Waals surface area contributed by atoms with Crippen molar-refractivity contribution in [2.24, 2.45) is 4.99 Å². The van der Waals surface area contributed by atoms with Gasteiger partial charge in [0, 0.05) is 0 Å². The van der Waals surface area contributed by atoms with E-state index >= 15 is 0 Å². The zero-order valence-corrected chi connectivity index (χ0v) is 19.7. The lowest BCUT2D eigenvalue weighted by Crippen LogP contribution is -2.39. The van der Waals surface area contributed by atoms with E-state index in [2.05, 4.69) is 4.99 Å². The molecule has 3 heterocycles. The molecule has 0 bridgehead atoms. The summed E-state index contributed by atoms with van der Waals surface area (Å²) in [5, 5.41) is 0. The number of carbonyl (C=O) groups excluding carboxylic acids is 1. The summed E-state index contributed by atoms with van der Waals surface area (Å²) in [6, 6.07) is 12.1. The van der Waals surface area contributed by atoms with E-state index in [1.54, 1.807) is 43.7 Å². The highest BCUT2D eigenvalue weighted by Crippen LogP contribution is 2.33. The molecule has 3 aromatic rings. The van der Waals surface area contributed by atoms with Gasteiger partial charge in [-0.05, 0) is 55.3 Å². The van der Waals surface area contributed by atoms with Crippen molar-refractivity contribution >= 4 is 23.4 Å². The third kappa shape index (κ3) is 3.77. The predicted molar refractivity (Wildman–Crippen MR) is 126 cm³/mol. The number of benzene rings is 2. The van der Waals surface area contributed by atoms with E-state index in [1.807, 2.05) is 30.3 Å². The minimum absolute atomic E-state index is 0.179. The minimum Gasteiger partial charge on any atom is -0.497 e. The van der Waals surface area contributed by atoms with Crippen molar-refractivity contribution in [2.45, 2.75) is 19.9 Å². The Morgan fingerprint density at radius 3 is 2.71 bits per heavy atom. The van der Waals surface area contributed by atoms with Crippen LogP contribution in [0.15, 0.2) is 63.5 Å². The molecule has 0 amide bonds. The fourth-order valence-corrected chi connectivity index (χ4v) is 5.09. The second kappa shape index (κ2) is 8.83. The summed E-state index contributed by atoms with van der Waals surface area (Å²) in [5.41, 5.74) is 2.19. The SMILES string of the molecule is CCOC(=O)C1=C(C)N=c2sc(=Cc3ccc4c(c3)OCO4)c(=O)n2[C@@H]1c1ccc(OC)cc1. The Kier molecular flexibility index (Phi) is 5.70. The first kappa shape index (κ1) is 22.0. The molecule has 2 aromatic carbocycles. The smallest absolute Gasteiger partial charge is 0.338 e. The Bertz CT molecular complexity index is 1480. The number of nitrogens with zero attached hydrogens (tertiary/aromatic N) is 2. The van der Waals surface area contributed by atoms with E-state index in [0.717, 1.165) is 11.1 Å². The van der Waals surface area contributed by atoms with Crippen molar-refractivity contribution in [3.8, 4) is 17.2 Å². The summed E-state index contributed by atoms with van der Waals surface area (Å²) < 4.78 is 23.5. The van der Waals surface area contributed by atoms with Crippen molar-refractivity contribution in [3.05, 3.63) is 84.5 Å². The van der Waals surface area contributed by atoms with Gasteiger partial charge in [-0.15, -0.1) is 0 Å². The molecular formula is C25H22N2O6S. The summed E-state index contributed by atoms with van der Waals surface area (Å²) >= 11 is 1.27. The van der Waals surface area contributed by atoms with Crippen LogP contribution in [0.5, 0.6) is 17.2 Å². The van der Waals surface area contributed by atoms with Crippen LogP contribution in [-0.4, -0.2) is 31.0 Å². The first-order valence-electron chi connectivity index (χ1n) is 10.7. The van der Waals surface area contributed by atoms with E-state index in [-0.39, 0.29) is 19.0 Å². The molecule has 8 nitrogen and oxygen atoms in total. The lowest BCUT2D eigenvalue weighted by molar-refractivity contribution is -0.139. The number of carbonyl (C=O) groups is 1. The number of rotatable bonds is 5. The van der Waals surface area contributed by atoms with Crippen molar-refractivity contribution in [2.75, 3.05) is 20.5 Å². The van der Waals surface area contributed by atoms with Gasteiger partial charge in [-0.2, -0.15) is 0 Å². The van der Waals surface area contributed by atoms with Gasteiger partial charge in [-0.25, -0.2) is 9.79 Å². The number of hydrogen-bond acceptors (Lipinski definition) is 8. The zero-order chi connectivity index (χ0) is 23.8. The molecule has 0 spiro atoms. The number of hydrogen-bond donors (Lipinski definition) is 0. The molecule has 1 aromatic heterocycles. The molecule has 0 aliphatic carbocycles. The zero-order valence-electron chi connectivity index (χ0n) is 18.9. The molecule has 9 heteroatoms. The molecule has 0 saturated heterocycles. The number of esters is 1. The monoisotopic (exact) mass is 478 g/mol. The van der Waals surface area contributed by atoms with Gasteiger partial charge in [-0.3, -0.25) is 9.36 Å². The van der Waals surface area contributed by atoms with Crippen molar-refractivity contribution in [1.82, 2.24) is 4.57 Å². The Balaban J connectivity index is 1.68. The molecule has 5 rings (SSSR count). The molecule has 2 aliphatic rings. The summed E-state index contributed by atoms with van der Waals surface area (Å²) in [6.07, 6.45) is 1.79. The van der Waals surface area contributed by atoms with E-state index in [1.165, 1.54) is 11.3 Å². The normalized spacial score (nSPS) is 16.8. The first-order valence-corrected chi connectivity index (χ1v) is 11.5. The van der Waals surface area contributed by atoms with Gasteiger partial charge in [0.1, 0.15) is 5.75 Å². The van der Waals surface area contributed by atoms with Gasteiger partial charge < -0.3 is 18.9 Å². The summed E-state index contributed by atoms with van der Waals surface area (Å²) in [6.45, 7) is 3.91. The highest BCUT2D eigenvalue weighted by molar-refractivity contribution is 7.07. The van der Waals surface area contributed by atoms with Crippen LogP contribution in [0.3, 0.4) is 0 Å². The highest BCUT2D eigenvalue weighted by atomic mass is 32.1. The second-order valence-corrected chi connectivity index (χ2v) is 8.70. The van der Waals surface area contributed by atoms with Gasteiger partial charge in [0.2, 0.25) is 6.79 Å². The lowest BCUT2D eigenvalue weighted by Gasteiger charge is -2.24. The Hall–Kier alpha value is -3.85. The van der Waals surface area contributed by atoms with E-state index in [0.29, 0.717) is 37.9 Å². The minimum atomic E-state index is -0.667. The Morgan fingerprint density at radius 2 is 1.97 bits per heavy atom. The molecule has 1 atom stereocenters. The molecule has 0 unspecified atom stereocenters. The van der Waals surface area contributed by atoms with E-state index in [9.17, 15) is 9.59 Å². The van der Waals surface area contributed by atoms with Crippen molar-refractivity contribution in [3.63, 3.8) is 0 Å². The molecule has 0 radical (unpaired) electrons. The van der Waals surface area contributed by atoms with Crippen molar-refractivity contribution in [1.29, 1.82) is 0 Å². The first-order chi connectivity index (χ1) is 16.5. The van der Waals surface area contributed by atoms with Crippen LogP contribution in [0.4, 0.5) is 0 Å². The maximum Gasteiger partial charge on any atom is 0.338 e. The Labute approximate surface area is 199 Å². The maximum absolute atomic E-state index is 13.6. The third-order valence-corrected chi connectivity index (χ3v) is 6.63. The van der Waals surface area contributed by atoms with Crippen LogP contribution >= 0.6 is 11.3 Å². The standard InChI is InChI=1S/C25H22N2O6S/c1-4-31-24(29)21-14(2)26-25-27(22(21)16-6-8-17(30-3)9-7-16)23(28)20(34-25)12-15-5-10-18-19(11-15)33-13-32-18/h5-12,22H,4,13H2,1-3H3/t22-/m1/s1. The summed E-state index contributed by atoms with van der Waals surface area (Å²) in [5.74, 6) is 1.50. The van der Waals surface area contributed by atoms with Crippen LogP contribution in [0, 0.1) is 0 Å². The van der Waals surface area contributed by atoms with Gasteiger partial charge in [0.15, 0.2) is 16.3 Å². The molecule has 174 valence electrons. The van der Waals surface area contributed by atoms with Crippen LogP contribution in [-0.2, 0) is 9.53 Å². The number of ether oxygens (including phenoxy) is 4. The fourth-order valence-electron chi connectivity index (χ4n) is 4.05. The van der Waals surface area contributed by atoms with Gasteiger partial charge >= 0.3 is 5.97 Å². The van der Waals surface area contributed by atoms with E-state index < -0.39 is 12.0 Å². The number of thiazole rings is 1. The number of methoxy groups -OCH3 is 1. The van der Waals surface area contributed by atoms with E-state index in [4.69, 9.17) is 18.9 Å². The molecular weight excluding hydrogens is 456 g/mol. The largest absolute Gasteiger partial charge is 0.497 e. The summed E-state index contributed by atoms with van der Waals surface area (Å²) in [7, 11) is 1.59. The number of aromatic nitrogens is 1. The van der Waals surface area contributed by atoms with Crippen LogP contribution < -0.4 is 29.1 Å². The maximum atomic E-state index is 13.6. The molecule has 0 fully saturated rings. The average Bonchev–Trinajstić information content (AvgIpc) is 3.42. The molecule has 34 heavy (non-hydrogen) atoms. The van der Waals surface area contributed by atoms with Crippen LogP contribution in [0.1, 0.15) is 31.0 Å². The topological polar surface area (TPSA) is 88.4 Å². The average molecular weight is 479 g/mol. The highest BCUT2D eigenvalue weighted by Gasteiger charge is 2.33. The van der Waals surface area contributed by atoms with Crippen molar-refractivity contribution < 1.29 is 23.7 Å². The van der Waals surface area contributed by atoms with Crippen LogP contribution in [0.25, 0.3) is 6.08 Å². The van der Waals surface area contributed by atoms with Gasteiger partial charge in [-0.1, -0.05) is 29.5 Å². The Morgan fingerprint density at radius 1 is 1.21 bits per heavy atom. The second-order valence-electron chi connectivity index (χ2n) is 7.69. The fraction of sp³-hybridized carbons (Fsp3) is 0.240. The molecule has 2 aliphatic heterocycles.